The number of allylic oxidation sites excluding steroid dienone is 2. The molecule has 2 fully saturated rings. The molecule has 1 aliphatic heterocycles. The first-order valence-electron chi connectivity index (χ1n) is 13.2. The number of hydrogen-bond acceptors (Lipinski definition) is 10. The quantitative estimate of drug-likeness (QED) is 0.126. The molecule has 0 amide bonds. The van der Waals surface area contributed by atoms with Crippen LogP contribution in [0.3, 0.4) is 0 Å². The number of ether oxygens (including phenoxy) is 3. The first kappa shape index (κ1) is 32.9. The average Bonchev–Trinajstić information content (AvgIpc) is 3.52. The standard InChI is InChI=1S/C24H32O7.C4H11NO3/c25-21-16-22(26)20(19(21)10-6-1-2-7-11-23(27)28)12-13-24(30-14-15-31-24)17-29-18-8-4-3-5-9-18;5-4(1-6,2-7)3-8/h1,3-6,8-9,12-13,19-22,25-26H,2,7,10-11,14-17H2,(H,27,28);6-8H,1-3,5H2/b6-1-,13-12+;/t19-,20-,21+,22-;/m1./s1. The SMILES string of the molecule is NC(CO)(CO)CO.O=C(O)CCC/C=C\C[C@@H]1[C@@H](/C=C/C2(COc3ccccc3)OCCO2)[C@H](O)C[C@@H]1O. The summed E-state index contributed by atoms with van der Waals surface area (Å²) in [7, 11) is 0. The number of rotatable bonds is 14. The van der Waals surface area contributed by atoms with Gasteiger partial charge < -0.3 is 50.6 Å². The summed E-state index contributed by atoms with van der Waals surface area (Å²) in [6, 6.07) is 9.43. The van der Waals surface area contributed by atoms with Gasteiger partial charge in [0.2, 0.25) is 5.79 Å². The van der Waals surface area contributed by atoms with Gasteiger partial charge >= 0.3 is 5.97 Å². The van der Waals surface area contributed by atoms with Crippen LogP contribution in [0.2, 0.25) is 0 Å². The summed E-state index contributed by atoms with van der Waals surface area (Å²) in [5.41, 5.74) is 3.94. The largest absolute Gasteiger partial charge is 0.488 e. The molecule has 11 nitrogen and oxygen atoms in total. The first-order valence-corrected chi connectivity index (χ1v) is 13.2. The number of carbonyl (C=O) groups is 1. The highest BCUT2D eigenvalue weighted by molar-refractivity contribution is 5.66. The number of hydrogen-bond donors (Lipinski definition) is 7. The number of carboxylic acids is 1. The van der Waals surface area contributed by atoms with Crippen LogP contribution in [-0.2, 0) is 14.3 Å². The minimum atomic E-state index is -1.21. The Labute approximate surface area is 229 Å². The van der Waals surface area contributed by atoms with Gasteiger partial charge in [0.1, 0.15) is 12.4 Å². The molecule has 1 heterocycles. The Morgan fingerprint density at radius 2 is 1.69 bits per heavy atom. The highest BCUT2D eigenvalue weighted by atomic mass is 16.8. The van der Waals surface area contributed by atoms with Crippen molar-refractivity contribution < 1.29 is 49.6 Å². The zero-order valence-electron chi connectivity index (χ0n) is 22.2. The van der Waals surface area contributed by atoms with Gasteiger partial charge in [-0.25, -0.2) is 0 Å². The van der Waals surface area contributed by atoms with E-state index in [0.717, 1.165) is 5.75 Å². The molecule has 11 heteroatoms. The monoisotopic (exact) mass is 553 g/mol. The molecule has 1 saturated carbocycles. The molecule has 220 valence electrons. The molecule has 0 radical (unpaired) electrons. The number of unbranched alkanes of at least 4 members (excludes halogenated alkanes) is 1. The fourth-order valence-corrected chi connectivity index (χ4v) is 4.26. The zero-order valence-corrected chi connectivity index (χ0v) is 22.2. The molecule has 2 aliphatic rings. The van der Waals surface area contributed by atoms with Crippen molar-refractivity contribution in [3.63, 3.8) is 0 Å². The minimum Gasteiger partial charge on any atom is -0.488 e. The van der Waals surface area contributed by atoms with Crippen molar-refractivity contribution in [1.82, 2.24) is 0 Å². The maximum absolute atomic E-state index is 10.6. The average molecular weight is 554 g/mol. The third-order valence-electron chi connectivity index (χ3n) is 6.73. The highest BCUT2D eigenvalue weighted by Gasteiger charge is 2.41. The van der Waals surface area contributed by atoms with Crippen LogP contribution >= 0.6 is 0 Å². The predicted molar refractivity (Wildman–Crippen MR) is 143 cm³/mol. The van der Waals surface area contributed by atoms with Crippen molar-refractivity contribution in [2.45, 2.75) is 55.6 Å². The Kier molecular flexibility index (Phi) is 14.1. The van der Waals surface area contributed by atoms with Crippen LogP contribution < -0.4 is 10.5 Å². The smallest absolute Gasteiger partial charge is 0.303 e. The molecule has 1 aliphatic carbocycles. The third kappa shape index (κ3) is 11.0. The van der Waals surface area contributed by atoms with E-state index in [9.17, 15) is 15.0 Å². The van der Waals surface area contributed by atoms with Gasteiger partial charge in [-0.2, -0.15) is 0 Å². The van der Waals surface area contributed by atoms with E-state index in [1.165, 1.54) is 0 Å². The number of para-hydroxylation sites is 1. The van der Waals surface area contributed by atoms with E-state index in [0.29, 0.717) is 38.9 Å². The summed E-state index contributed by atoms with van der Waals surface area (Å²) in [4.78, 5) is 10.6. The Bertz CT molecular complexity index is 875. The molecule has 39 heavy (non-hydrogen) atoms. The molecule has 1 aromatic rings. The van der Waals surface area contributed by atoms with Crippen LogP contribution in [0.5, 0.6) is 5.75 Å². The summed E-state index contributed by atoms with van der Waals surface area (Å²) in [6.07, 6.45) is 8.68. The lowest BCUT2D eigenvalue weighted by Gasteiger charge is -2.26. The number of aliphatic carboxylic acids is 1. The summed E-state index contributed by atoms with van der Waals surface area (Å²) < 4.78 is 17.5. The lowest BCUT2D eigenvalue weighted by Crippen LogP contribution is -2.50. The lowest BCUT2D eigenvalue weighted by molar-refractivity contribution is -0.139. The number of benzene rings is 1. The Hall–Kier alpha value is -2.35. The van der Waals surface area contributed by atoms with Gasteiger partial charge in [0.15, 0.2) is 0 Å². The van der Waals surface area contributed by atoms with Crippen molar-refractivity contribution in [2.75, 3.05) is 39.6 Å². The summed E-state index contributed by atoms with van der Waals surface area (Å²) in [5.74, 6) is -1.46. The number of aliphatic hydroxyl groups excluding tert-OH is 5. The van der Waals surface area contributed by atoms with E-state index in [4.69, 9.17) is 40.4 Å². The first-order chi connectivity index (χ1) is 18.7. The molecule has 8 N–H and O–H groups in total. The van der Waals surface area contributed by atoms with Crippen molar-refractivity contribution in [3.8, 4) is 5.75 Å². The Morgan fingerprint density at radius 3 is 2.26 bits per heavy atom. The summed E-state index contributed by atoms with van der Waals surface area (Å²) in [5, 5.41) is 54.6. The lowest BCUT2D eigenvalue weighted by atomic mass is 9.89. The van der Waals surface area contributed by atoms with E-state index < -0.39 is 49.3 Å². The van der Waals surface area contributed by atoms with Gasteiger partial charge in [0.05, 0.1) is 50.8 Å². The van der Waals surface area contributed by atoms with Gasteiger partial charge in [-0.3, -0.25) is 4.79 Å². The van der Waals surface area contributed by atoms with Gasteiger partial charge in [-0.1, -0.05) is 36.4 Å². The summed E-state index contributed by atoms with van der Waals surface area (Å²) >= 11 is 0. The normalized spacial score (nSPS) is 24.7. The van der Waals surface area contributed by atoms with E-state index in [1.54, 1.807) is 6.08 Å². The van der Waals surface area contributed by atoms with Gasteiger partial charge in [-0.05, 0) is 43.4 Å². The minimum absolute atomic E-state index is 0.129. The van der Waals surface area contributed by atoms with E-state index in [1.807, 2.05) is 48.6 Å². The van der Waals surface area contributed by atoms with E-state index in [2.05, 4.69) is 0 Å². The maximum Gasteiger partial charge on any atom is 0.303 e. The summed E-state index contributed by atoms with van der Waals surface area (Å²) in [6.45, 7) is -0.102. The third-order valence-corrected chi connectivity index (χ3v) is 6.73. The Balaban J connectivity index is 0.000000580. The number of carboxylic acid groups (broad SMARTS) is 1. The molecular weight excluding hydrogens is 510 g/mol. The molecule has 1 saturated heterocycles. The van der Waals surface area contributed by atoms with E-state index >= 15 is 0 Å². The second-order valence-corrected chi connectivity index (χ2v) is 9.91. The van der Waals surface area contributed by atoms with Crippen LogP contribution in [0.4, 0.5) is 0 Å². The Morgan fingerprint density at radius 1 is 1.05 bits per heavy atom. The topological polar surface area (TPSA) is 192 Å². The molecule has 0 bridgehead atoms. The van der Waals surface area contributed by atoms with E-state index in [-0.39, 0.29) is 24.9 Å². The van der Waals surface area contributed by atoms with Crippen molar-refractivity contribution >= 4 is 5.97 Å². The molecule has 0 spiro atoms. The van der Waals surface area contributed by atoms with Crippen LogP contribution in [0, 0.1) is 11.8 Å². The van der Waals surface area contributed by atoms with Gasteiger partial charge in [0.25, 0.3) is 0 Å². The molecular formula is C28H43NO10. The molecule has 4 atom stereocenters. The molecule has 3 rings (SSSR count). The van der Waals surface area contributed by atoms with Gasteiger partial charge in [0, 0.05) is 18.8 Å². The predicted octanol–water partition coefficient (Wildman–Crippen LogP) is 0.585. The van der Waals surface area contributed by atoms with Gasteiger partial charge in [-0.15, -0.1) is 0 Å². The second kappa shape index (κ2) is 16.7. The molecule has 0 unspecified atom stereocenters. The second-order valence-electron chi connectivity index (χ2n) is 9.91. The fraction of sp³-hybridized carbons (Fsp3) is 0.607. The zero-order chi connectivity index (χ0) is 28.7. The van der Waals surface area contributed by atoms with Crippen molar-refractivity contribution in [1.29, 1.82) is 0 Å². The van der Waals surface area contributed by atoms with Crippen molar-refractivity contribution in [2.24, 2.45) is 17.6 Å². The number of aliphatic hydroxyl groups is 5. The molecule has 0 aromatic heterocycles. The molecule has 1 aromatic carbocycles. The number of nitrogens with two attached hydrogens (primary N) is 1. The van der Waals surface area contributed by atoms with Crippen molar-refractivity contribution in [3.05, 3.63) is 54.6 Å². The van der Waals surface area contributed by atoms with Crippen LogP contribution in [-0.4, -0.2) is 99.8 Å². The fourth-order valence-electron chi connectivity index (χ4n) is 4.26. The maximum atomic E-state index is 10.6. The van der Waals surface area contributed by atoms with Crippen LogP contribution in [0.1, 0.15) is 32.1 Å². The van der Waals surface area contributed by atoms with Crippen LogP contribution in [0.25, 0.3) is 0 Å². The highest BCUT2D eigenvalue weighted by Crippen LogP contribution is 2.37. The van der Waals surface area contributed by atoms with Crippen LogP contribution in [0.15, 0.2) is 54.6 Å².